The van der Waals surface area contributed by atoms with E-state index < -0.39 is 0 Å². The molecule has 1 N–H and O–H groups in total. The minimum atomic E-state index is -0.378. The van der Waals surface area contributed by atoms with Gasteiger partial charge in [0.05, 0.1) is 5.69 Å². The average Bonchev–Trinajstić information content (AvgIpc) is 3.14. The van der Waals surface area contributed by atoms with E-state index in [2.05, 4.69) is 20.6 Å². The number of nitrogens with zero attached hydrogens (tertiary/aromatic N) is 3. The van der Waals surface area contributed by atoms with Crippen LogP contribution in [0.5, 0.6) is 0 Å². The summed E-state index contributed by atoms with van der Waals surface area (Å²) in [6.07, 6.45) is 3.87. The fourth-order valence-electron chi connectivity index (χ4n) is 2.55. The van der Waals surface area contributed by atoms with Gasteiger partial charge < -0.3 is 14.4 Å². The maximum atomic E-state index is 12.4. The van der Waals surface area contributed by atoms with Gasteiger partial charge in [-0.1, -0.05) is 24.2 Å². The average molecular weight is 304 g/mol. The predicted molar refractivity (Wildman–Crippen MR) is 77.4 cm³/mol. The molecule has 7 heteroatoms. The highest BCUT2D eigenvalue weighted by molar-refractivity contribution is 5.93. The number of amides is 1. The number of nitrogens with one attached hydrogen (secondary N) is 1. The number of aromatic nitrogens is 3. The fourth-order valence-corrected chi connectivity index (χ4v) is 2.55. The van der Waals surface area contributed by atoms with Crippen LogP contribution in [0, 0.1) is 0 Å². The lowest BCUT2D eigenvalue weighted by Gasteiger charge is -2.11. The molecule has 0 saturated carbocycles. The van der Waals surface area contributed by atoms with Crippen LogP contribution in [0.4, 0.5) is 0 Å². The molecule has 22 heavy (non-hydrogen) atoms. The number of carbonyl (C=O) groups excluding carboxylic acids is 1. The molecule has 0 fully saturated rings. The summed E-state index contributed by atoms with van der Waals surface area (Å²) < 4.78 is 10.4. The molecule has 1 aliphatic carbocycles. The normalized spacial score (nSPS) is 15.6. The minimum absolute atomic E-state index is 0.182. The topological polar surface area (TPSA) is 94.1 Å². The fraction of sp³-hybridized carbons (Fsp3) is 0.600. The van der Waals surface area contributed by atoms with Crippen LogP contribution in [0.2, 0.25) is 0 Å². The van der Waals surface area contributed by atoms with Crippen molar-refractivity contribution in [3.05, 3.63) is 28.7 Å². The quantitative estimate of drug-likeness (QED) is 0.932. The zero-order chi connectivity index (χ0) is 15.7. The van der Waals surface area contributed by atoms with E-state index in [0.717, 1.165) is 36.9 Å². The van der Waals surface area contributed by atoms with Gasteiger partial charge in [-0.15, -0.1) is 0 Å². The van der Waals surface area contributed by atoms with E-state index in [1.807, 2.05) is 13.8 Å². The molecule has 3 rings (SSSR count). The van der Waals surface area contributed by atoms with Crippen molar-refractivity contribution in [2.45, 2.75) is 58.4 Å². The summed E-state index contributed by atoms with van der Waals surface area (Å²) in [7, 11) is 0. The first kappa shape index (κ1) is 14.7. The van der Waals surface area contributed by atoms with Crippen LogP contribution in [0.3, 0.4) is 0 Å². The lowest BCUT2D eigenvalue weighted by molar-refractivity contribution is 0.0894. The summed E-state index contributed by atoms with van der Waals surface area (Å²) in [6, 6.07) is -0.378. The number of aryl methyl sites for hydroxylation is 1. The third-order valence-electron chi connectivity index (χ3n) is 3.86. The Hall–Kier alpha value is -2.18. The Morgan fingerprint density at radius 3 is 2.64 bits per heavy atom. The van der Waals surface area contributed by atoms with Crippen LogP contribution in [0.15, 0.2) is 9.05 Å². The van der Waals surface area contributed by atoms with Crippen molar-refractivity contribution in [2.24, 2.45) is 0 Å². The zero-order valence-corrected chi connectivity index (χ0v) is 13.0. The number of rotatable bonds is 4. The summed E-state index contributed by atoms with van der Waals surface area (Å²) in [5.41, 5.74) is 1.84. The molecule has 2 aromatic heterocycles. The van der Waals surface area contributed by atoms with Crippen molar-refractivity contribution in [1.29, 1.82) is 0 Å². The molecule has 0 radical (unpaired) electrons. The van der Waals surface area contributed by atoms with E-state index >= 15 is 0 Å². The molecule has 0 spiro atoms. The Bertz CT molecular complexity index is 674. The summed E-state index contributed by atoms with van der Waals surface area (Å²) >= 11 is 0. The molecule has 1 aliphatic rings. The van der Waals surface area contributed by atoms with Gasteiger partial charge in [-0.25, -0.2) is 0 Å². The highest BCUT2D eigenvalue weighted by atomic mass is 16.5. The van der Waals surface area contributed by atoms with Crippen molar-refractivity contribution in [3.63, 3.8) is 0 Å². The molecule has 1 amide bonds. The van der Waals surface area contributed by atoms with E-state index in [0.29, 0.717) is 17.5 Å². The summed E-state index contributed by atoms with van der Waals surface area (Å²) in [4.78, 5) is 16.7. The number of hydrogen-bond donors (Lipinski definition) is 1. The minimum Gasteiger partial charge on any atom is -0.350 e. The van der Waals surface area contributed by atoms with Crippen molar-refractivity contribution < 1.29 is 13.8 Å². The van der Waals surface area contributed by atoms with Gasteiger partial charge in [0, 0.05) is 11.5 Å². The summed E-state index contributed by atoms with van der Waals surface area (Å²) in [6.45, 7) is 5.77. The van der Waals surface area contributed by atoms with Crippen LogP contribution in [0.25, 0.3) is 0 Å². The smallest absolute Gasteiger partial charge is 0.290 e. The van der Waals surface area contributed by atoms with Gasteiger partial charge in [0.25, 0.3) is 5.91 Å². The van der Waals surface area contributed by atoms with E-state index in [-0.39, 0.29) is 17.9 Å². The van der Waals surface area contributed by atoms with E-state index in [9.17, 15) is 4.79 Å². The Morgan fingerprint density at radius 2 is 1.91 bits per heavy atom. The Balaban J connectivity index is 1.72. The van der Waals surface area contributed by atoms with Gasteiger partial charge in [0.15, 0.2) is 5.82 Å². The largest absolute Gasteiger partial charge is 0.350 e. The Kier molecular flexibility index (Phi) is 3.96. The predicted octanol–water partition coefficient (Wildman–Crippen LogP) is 2.55. The maximum absolute atomic E-state index is 12.4. The third kappa shape index (κ3) is 2.75. The van der Waals surface area contributed by atoms with E-state index in [4.69, 9.17) is 9.05 Å². The molecule has 0 bridgehead atoms. The second-order valence-corrected chi connectivity index (χ2v) is 5.98. The molecule has 2 heterocycles. The van der Waals surface area contributed by atoms with Gasteiger partial charge in [-0.3, -0.25) is 4.79 Å². The molecular weight excluding hydrogens is 284 g/mol. The summed E-state index contributed by atoms with van der Waals surface area (Å²) in [5.74, 6) is 1.23. The molecule has 118 valence electrons. The van der Waals surface area contributed by atoms with Crippen LogP contribution in [0.1, 0.15) is 79.1 Å². The van der Waals surface area contributed by atoms with Gasteiger partial charge in [0.1, 0.15) is 6.04 Å². The second kappa shape index (κ2) is 5.90. The van der Waals surface area contributed by atoms with Gasteiger partial charge in [-0.2, -0.15) is 4.98 Å². The molecule has 1 atom stereocenters. The highest BCUT2D eigenvalue weighted by Gasteiger charge is 2.26. The van der Waals surface area contributed by atoms with Crippen LogP contribution in [-0.4, -0.2) is 21.2 Å². The van der Waals surface area contributed by atoms with Gasteiger partial charge in [-0.05, 0) is 32.6 Å². The molecule has 0 aliphatic heterocycles. The van der Waals surface area contributed by atoms with Crippen LogP contribution in [-0.2, 0) is 12.8 Å². The first-order chi connectivity index (χ1) is 10.6. The number of hydrogen-bond acceptors (Lipinski definition) is 6. The Morgan fingerprint density at radius 1 is 1.14 bits per heavy atom. The van der Waals surface area contributed by atoms with Crippen LogP contribution >= 0.6 is 0 Å². The van der Waals surface area contributed by atoms with E-state index in [1.165, 1.54) is 0 Å². The second-order valence-electron chi connectivity index (χ2n) is 5.98. The monoisotopic (exact) mass is 304 g/mol. The molecular formula is C15H20N4O3. The van der Waals surface area contributed by atoms with Gasteiger partial charge in [0.2, 0.25) is 11.7 Å². The third-order valence-corrected chi connectivity index (χ3v) is 3.86. The molecule has 0 aromatic carbocycles. The van der Waals surface area contributed by atoms with Crippen molar-refractivity contribution in [3.8, 4) is 0 Å². The highest BCUT2D eigenvalue weighted by Crippen LogP contribution is 2.24. The Labute approximate surface area is 128 Å². The first-order valence-corrected chi connectivity index (χ1v) is 7.68. The molecule has 7 nitrogen and oxygen atoms in total. The lowest BCUT2D eigenvalue weighted by Crippen LogP contribution is -2.27. The van der Waals surface area contributed by atoms with Crippen molar-refractivity contribution >= 4 is 5.91 Å². The SMILES string of the molecule is CC(C)c1noc(C(C)NC(=O)c2onc3c2CCCC3)n1. The standard InChI is InChI=1S/C15H20N4O3/c1-8(2)13-17-15(22-19-13)9(3)16-14(20)12-10-6-4-5-7-11(10)18-21-12/h8-9H,4-7H2,1-3H3,(H,16,20). The number of fused-ring (bicyclic) bond motifs is 1. The maximum Gasteiger partial charge on any atom is 0.290 e. The zero-order valence-electron chi connectivity index (χ0n) is 13.0. The summed E-state index contributed by atoms with van der Waals surface area (Å²) in [5, 5.41) is 10.7. The van der Waals surface area contributed by atoms with Crippen molar-refractivity contribution in [2.75, 3.05) is 0 Å². The van der Waals surface area contributed by atoms with E-state index in [1.54, 1.807) is 6.92 Å². The molecule has 0 saturated heterocycles. The van der Waals surface area contributed by atoms with Crippen molar-refractivity contribution in [1.82, 2.24) is 20.6 Å². The first-order valence-electron chi connectivity index (χ1n) is 7.68. The molecule has 2 aromatic rings. The number of carbonyl (C=O) groups is 1. The van der Waals surface area contributed by atoms with Gasteiger partial charge >= 0.3 is 0 Å². The lowest BCUT2D eigenvalue weighted by atomic mass is 9.96. The molecule has 1 unspecified atom stereocenters. The van der Waals surface area contributed by atoms with Crippen LogP contribution < -0.4 is 5.32 Å².